The van der Waals surface area contributed by atoms with Crippen molar-refractivity contribution in [3.63, 3.8) is 0 Å². The third-order valence-electron chi connectivity index (χ3n) is 4.39. The van der Waals surface area contributed by atoms with Crippen LogP contribution in [0.15, 0.2) is 30.3 Å². The fourth-order valence-electron chi connectivity index (χ4n) is 3.04. The summed E-state index contributed by atoms with van der Waals surface area (Å²) in [4.78, 5) is 2.36. The van der Waals surface area contributed by atoms with Gasteiger partial charge >= 0.3 is 0 Å². The van der Waals surface area contributed by atoms with Crippen LogP contribution in [0.25, 0.3) is 0 Å². The topological polar surface area (TPSA) is 49.5 Å². The van der Waals surface area contributed by atoms with Crippen molar-refractivity contribution in [1.82, 2.24) is 4.90 Å². The predicted molar refractivity (Wildman–Crippen MR) is 78.8 cm³/mol. The fraction of sp³-hybridized carbons (Fsp3) is 0.625. The molecule has 1 aromatic carbocycles. The lowest BCUT2D eigenvalue weighted by molar-refractivity contribution is 0.0529. The summed E-state index contributed by atoms with van der Waals surface area (Å²) in [6.45, 7) is 4.71. The first-order valence-electron chi connectivity index (χ1n) is 7.41. The number of β-amino-alcohol motifs (C(OH)–C–C–N with tert-alkyl or cyclic N) is 1. The number of hydrogen-bond donors (Lipinski definition) is 2. The van der Waals surface area contributed by atoms with Gasteiger partial charge in [-0.1, -0.05) is 43.7 Å². The van der Waals surface area contributed by atoms with Gasteiger partial charge in [0.25, 0.3) is 0 Å². The van der Waals surface area contributed by atoms with Gasteiger partial charge in [-0.3, -0.25) is 4.90 Å². The molecule has 106 valence electrons. The van der Waals surface area contributed by atoms with E-state index in [0.717, 1.165) is 18.0 Å². The Hall–Kier alpha value is -0.900. The van der Waals surface area contributed by atoms with Crippen molar-refractivity contribution in [2.45, 2.75) is 38.3 Å². The molecule has 1 aromatic rings. The second-order valence-electron chi connectivity index (χ2n) is 5.61. The van der Waals surface area contributed by atoms with Gasteiger partial charge in [-0.25, -0.2) is 0 Å². The summed E-state index contributed by atoms with van der Waals surface area (Å²) >= 11 is 0. The molecule has 0 amide bonds. The van der Waals surface area contributed by atoms with Gasteiger partial charge in [0, 0.05) is 19.1 Å². The van der Waals surface area contributed by atoms with Gasteiger partial charge in [0.1, 0.15) is 0 Å². The second kappa shape index (κ2) is 7.04. The van der Waals surface area contributed by atoms with E-state index >= 15 is 0 Å². The van der Waals surface area contributed by atoms with Crippen LogP contribution >= 0.6 is 0 Å². The number of aliphatic hydroxyl groups excluding tert-OH is 1. The summed E-state index contributed by atoms with van der Waals surface area (Å²) in [5.41, 5.74) is 6.90. The van der Waals surface area contributed by atoms with Gasteiger partial charge in [0.2, 0.25) is 0 Å². The van der Waals surface area contributed by atoms with E-state index in [2.05, 4.69) is 11.8 Å². The predicted octanol–water partition coefficient (Wildman–Crippen LogP) is 2.17. The zero-order valence-electron chi connectivity index (χ0n) is 11.8. The molecule has 0 spiro atoms. The fourth-order valence-corrected chi connectivity index (χ4v) is 3.04. The molecular weight excluding hydrogens is 236 g/mol. The first-order chi connectivity index (χ1) is 9.24. The van der Waals surface area contributed by atoms with Gasteiger partial charge in [-0.05, 0) is 30.9 Å². The molecule has 0 bridgehead atoms. The molecule has 1 aliphatic heterocycles. The molecule has 3 unspecified atom stereocenters. The maximum Gasteiger partial charge on any atom is 0.0917 e. The van der Waals surface area contributed by atoms with Crippen LogP contribution in [0.4, 0.5) is 0 Å². The minimum absolute atomic E-state index is 0.409. The minimum atomic E-state index is -0.409. The highest BCUT2D eigenvalue weighted by Crippen LogP contribution is 2.26. The highest BCUT2D eigenvalue weighted by molar-refractivity contribution is 5.17. The van der Waals surface area contributed by atoms with Crippen molar-refractivity contribution in [2.24, 2.45) is 11.7 Å². The lowest BCUT2D eigenvalue weighted by Crippen LogP contribution is -2.48. The monoisotopic (exact) mass is 262 g/mol. The Morgan fingerprint density at radius 3 is 2.74 bits per heavy atom. The van der Waals surface area contributed by atoms with Crippen molar-refractivity contribution in [2.75, 3.05) is 19.6 Å². The van der Waals surface area contributed by atoms with Crippen LogP contribution in [-0.2, 0) is 0 Å². The molecule has 2 rings (SSSR count). The maximum atomic E-state index is 10.3. The van der Waals surface area contributed by atoms with Crippen LogP contribution < -0.4 is 5.73 Å². The van der Waals surface area contributed by atoms with E-state index in [4.69, 9.17) is 5.73 Å². The summed E-state index contributed by atoms with van der Waals surface area (Å²) in [5.74, 6) is 0.804. The molecule has 3 nitrogen and oxygen atoms in total. The molecule has 1 fully saturated rings. The van der Waals surface area contributed by atoms with E-state index in [1.807, 2.05) is 30.3 Å². The zero-order chi connectivity index (χ0) is 13.7. The van der Waals surface area contributed by atoms with Crippen LogP contribution in [0.3, 0.4) is 0 Å². The quantitative estimate of drug-likeness (QED) is 0.855. The first-order valence-corrected chi connectivity index (χ1v) is 7.41. The Bertz CT molecular complexity index is 368. The molecule has 3 heteroatoms. The second-order valence-corrected chi connectivity index (χ2v) is 5.61. The Labute approximate surface area is 116 Å². The molecule has 19 heavy (non-hydrogen) atoms. The van der Waals surface area contributed by atoms with E-state index < -0.39 is 6.10 Å². The number of nitrogens with two attached hydrogens (primary N) is 1. The number of likely N-dealkylation sites (tertiary alicyclic amines) is 1. The Morgan fingerprint density at radius 2 is 2.11 bits per heavy atom. The summed E-state index contributed by atoms with van der Waals surface area (Å²) < 4.78 is 0. The third kappa shape index (κ3) is 3.78. The summed E-state index contributed by atoms with van der Waals surface area (Å²) in [5, 5.41) is 10.3. The van der Waals surface area contributed by atoms with E-state index in [9.17, 15) is 5.11 Å². The van der Waals surface area contributed by atoms with Crippen LogP contribution in [0, 0.1) is 5.92 Å². The van der Waals surface area contributed by atoms with Gasteiger partial charge in [-0.2, -0.15) is 0 Å². The van der Waals surface area contributed by atoms with E-state index in [-0.39, 0.29) is 0 Å². The summed E-state index contributed by atoms with van der Waals surface area (Å²) in [6.07, 6.45) is 3.24. The zero-order valence-corrected chi connectivity index (χ0v) is 11.8. The standard InChI is InChI=1S/C16H26N2O/c1-2-13-8-9-18(15(10-13)11-17)12-16(19)14-6-4-3-5-7-14/h3-7,13,15-16,19H,2,8-12,17H2,1H3. The Balaban J connectivity index is 1.94. The van der Waals surface area contributed by atoms with Crippen molar-refractivity contribution < 1.29 is 5.11 Å². The normalized spacial score (nSPS) is 26.3. The molecule has 0 aliphatic carbocycles. The van der Waals surface area contributed by atoms with Gasteiger partial charge < -0.3 is 10.8 Å². The average Bonchev–Trinajstić information content (AvgIpc) is 2.48. The number of rotatable bonds is 5. The number of aliphatic hydroxyl groups is 1. The smallest absolute Gasteiger partial charge is 0.0917 e. The Kier molecular flexibility index (Phi) is 5.37. The Morgan fingerprint density at radius 1 is 1.37 bits per heavy atom. The van der Waals surface area contributed by atoms with Crippen LogP contribution in [0.1, 0.15) is 37.9 Å². The van der Waals surface area contributed by atoms with Gasteiger partial charge in [0.15, 0.2) is 0 Å². The molecule has 0 radical (unpaired) electrons. The molecule has 3 N–H and O–H groups in total. The molecule has 1 aliphatic rings. The lowest BCUT2D eigenvalue weighted by Gasteiger charge is -2.39. The number of benzene rings is 1. The molecule has 1 saturated heterocycles. The van der Waals surface area contributed by atoms with Gasteiger partial charge in [-0.15, -0.1) is 0 Å². The molecule has 3 atom stereocenters. The highest BCUT2D eigenvalue weighted by atomic mass is 16.3. The van der Waals surface area contributed by atoms with Crippen LogP contribution in [-0.4, -0.2) is 35.7 Å². The van der Waals surface area contributed by atoms with Crippen molar-refractivity contribution in [1.29, 1.82) is 0 Å². The molecule has 0 aromatic heterocycles. The van der Waals surface area contributed by atoms with Crippen LogP contribution in [0.5, 0.6) is 0 Å². The number of piperidine rings is 1. The summed E-state index contributed by atoms with van der Waals surface area (Å²) in [6, 6.07) is 10.3. The minimum Gasteiger partial charge on any atom is -0.387 e. The number of hydrogen-bond acceptors (Lipinski definition) is 3. The van der Waals surface area contributed by atoms with Crippen molar-refractivity contribution in [3.8, 4) is 0 Å². The van der Waals surface area contributed by atoms with E-state index in [1.165, 1.54) is 19.3 Å². The summed E-state index contributed by atoms with van der Waals surface area (Å²) in [7, 11) is 0. The van der Waals surface area contributed by atoms with Gasteiger partial charge in [0.05, 0.1) is 6.10 Å². The molecular formula is C16H26N2O. The highest BCUT2D eigenvalue weighted by Gasteiger charge is 2.28. The SMILES string of the molecule is CCC1CCN(CC(O)c2ccccc2)C(CN)C1. The van der Waals surface area contributed by atoms with E-state index in [0.29, 0.717) is 19.1 Å². The lowest BCUT2D eigenvalue weighted by atomic mass is 9.88. The van der Waals surface area contributed by atoms with Crippen molar-refractivity contribution >= 4 is 0 Å². The van der Waals surface area contributed by atoms with E-state index in [1.54, 1.807) is 0 Å². The number of nitrogens with zero attached hydrogens (tertiary/aromatic N) is 1. The first kappa shape index (κ1) is 14.5. The largest absolute Gasteiger partial charge is 0.387 e. The maximum absolute atomic E-state index is 10.3. The third-order valence-corrected chi connectivity index (χ3v) is 4.39. The average molecular weight is 262 g/mol. The molecule has 0 saturated carbocycles. The van der Waals surface area contributed by atoms with Crippen molar-refractivity contribution in [3.05, 3.63) is 35.9 Å². The van der Waals surface area contributed by atoms with Crippen LogP contribution in [0.2, 0.25) is 0 Å². The molecule has 1 heterocycles.